The Morgan fingerprint density at radius 2 is 2.31 bits per heavy atom. The molecule has 0 aliphatic carbocycles. The fourth-order valence-corrected chi connectivity index (χ4v) is 1.31. The van der Waals surface area contributed by atoms with Crippen molar-refractivity contribution in [2.75, 3.05) is 6.61 Å². The maximum absolute atomic E-state index is 13.1. The maximum atomic E-state index is 13.1. The van der Waals surface area contributed by atoms with Crippen LogP contribution in [0.2, 0.25) is 0 Å². The molecule has 0 atom stereocenters. The highest BCUT2D eigenvalue weighted by molar-refractivity contribution is 9.10. The number of rotatable bonds is 4. The molecule has 0 fully saturated rings. The van der Waals surface area contributed by atoms with Crippen LogP contribution in [0.5, 0.6) is 0 Å². The molecule has 0 aliphatic rings. The zero-order valence-electron chi connectivity index (χ0n) is 7.09. The highest BCUT2D eigenvalue weighted by Gasteiger charge is 2.01. The summed E-state index contributed by atoms with van der Waals surface area (Å²) in [5.41, 5.74) is 0.552. The lowest BCUT2D eigenvalue weighted by Crippen LogP contribution is -1.95. The molecule has 0 N–H and O–H groups in total. The molecule has 70 valence electrons. The van der Waals surface area contributed by atoms with Crippen molar-refractivity contribution < 1.29 is 9.13 Å². The van der Waals surface area contributed by atoms with Crippen LogP contribution in [0.25, 0.3) is 0 Å². The van der Waals surface area contributed by atoms with E-state index in [0.29, 0.717) is 12.2 Å². The van der Waals surface area contributed by atoms with E-state index in [2.05, 4.69) is 22.5 Å². The van der Waals surface area contributed by atoms with Gasteiger partial charge in [0.2, 0.25) is 0 Å². The Morgan fingerprint density at radius 3 is 3.00 bits per heavy atom. The number of ether oxygens (including phenoxy) is 1. The molecule has 1 aromatic rings. The molecule has 1 rings (SSSR count). The molecule has 1 nitrogen and oxygen atoms in total. The Bertz CT molecular complexity index is 299. The molecule has 0 aromatic heterocycles. The van der Waals surface area contributed by atoms with E-state index in [4.69, 9.17) is 4.74 Å². The topological polar surface area (TPSA) is 9.23 Å². The van der Waals surface area contributed by atoms with E-state index in [1.807, 2.05) is 0 Å². The summed E-state index contributed by atoms with van der Waals surface area (Å²) in [6, 6.07) is 4.78. The van der Waals surface area contributed by atoms with Gasteiger partial charge in [0, 0.05) is 10.0 Å². The maximum Gasteiger partial charge on any atom is 0.128 e. The number of halogens is 2. The van der Waals surface area contributed by atoms with Crippen molar-refractivity contribution in [2.45, 2.75) is 6.61 Å². The summed E-state index contributed by atoms with van der Waals surface area (Å²) >= 11 is 3.26. The van der Waals surface area contributed by atoms with E-state index in [9.17, 15) is 4.39 Å². The van der Waals surface area contributed by atoms with Crippen molar-refractivity contribution in [1.29, 1.82) is 0 Å². The zero-order chi connectivity index (χ0) is 9.68. The number of benzene rings is 1. The molecule has 0 radical (unpaired) electrons. The molecule has 1 aromatic carbocycles. The lowest BCUT2D eigenvalue weighted by molar-refractivity contribution is 0.146. The van der Waals surface area contributed by atoms with Gasteiger partial charge in [0.1, 0.15) is 5.82 Å². The van der Waals surface area contributed by atoms with E-state index in [1.165, 1.54) is 6.07 Å². The Balaban J connectivity index is 2.64. The van der Waals surface area contributed by atoms with Crippen LogP contribution in [0.1, 0.15) is 5.56 Å². The van der Waals surface area contributed by atoms with Gasteiger partial charge in [-0.15, -0.1) is 6.58 Å². The summed E-state index contributed by atoms with van der Waals surface area (Å²) in [7, 11) is 0. The minimum absolute atomic E-state index is 0.243. The summed E-state index contributed by atoms with van der Waals surface area (Å²) < 4.78 is 19.0. The van der Waals surface area contributed by atoms with Crippen molar-refractivity contribution in [3.63, 3.8) is 0 Å². The smallest absolute Gasteiger partial charge is 0.128 e. The first-order valence-corrected chi connectivity index (χ1v) is 4.66. The van der Waals surface area contributed by atoms with Crippen LogP contribution in [0.3, 0.4) is 0 Å². The molecule has 0 unspecified atom stereocenters. The van der Waals surface area contributed by atoms with Gasteiger partial charge >= 0.3 is 0 Å². The van der Waals surface area contributed by atoms with Gasteiger partial charge in [-0.05, 0) is 18.2 Å². The fourth-order valence-electron chi connectivity index (χ4n) is 0.906. The highest BCUT2D eigenvalue weighted by Crippen LogP contribution is 2.16. The average molecular weight is 245 g/mol. The normalized spacial score (nSPS) is 10.0. The third kappa shape index (κ3) is 3.28. The SMILES string of the molecule is C=CCOCc1cc(Br)ccc1F. The molecule has 3 heteroatoms. The third-order valence-electron chi connectivity index (χ3n) is 1.50. The van der Waals surface area contributed by atoms with Gasteiger partial charge < -0.3 is 4.74 Å². The number of hydrogen-bond donors (Lipinski definition) is 0. The van der Waals surface area contributed by atoms with Crippen LogP contribution in [0, 0.1) is 5.82 Å². The van der Waals surface area contributed by atoms with Gasteiger partial charge in [-0.1, -0.05) is 22.0 Å². The van der Waals surface area contributed by atoms with Crippen molar-refractivity contribution in [3.05, 3.63) is 46.7 Å². The van der Waals surface area contributed by atoms with Gasteiger partial charge in [0.25, 0.3) is 0 Å². The number of hydrogen-bond acceptors (Lipinski definition) is 1. The molecule has 0 amide bonds. The first-order valence-electron chi connectivity index (χ1n) is 3.86. The fraction of sp³-hybridized carbons (Fsp3) is 0.200. The molecular weight excluding hydrogens is 235 g/mol. The van der Waals surface area contributed by atoms with E-state index < -0.39 is 0 Å². The Morgan fingerprint density at radius 1 is 1.54 bits per heavy atom. The lowest BCUT2D eigenvalue weighted by Gasteiger charge is -2.03. The van der Waals surface area contributed by atoms with E-state index in [-0.39, 0.29) is 12.4 Å². The van der Waals surface area contributed by atoms with Gasteiger partial charge in [0.05, 0.1) is 13.2 Å². The van der Waals surface area contributed by atoms with E-state index >= 15 is 0 Å². The second-order valence-corrected chi connectivity index (χ2v) is 3.46. The molecule has 0 saturated carbocycles. The van der Waals surface area contributed by atoms with Crippen LogP contribution in [-0.4, -0.2) is 6.61 Å². The largest absolute Gasteiger partial charge is 0.373 e. The van der Waals surface area contributed by atoms with Gasteiger partial charge in [-0.3, -0.25) is 0 Å². The second kappa shape index (κ2) is 5.14. The van der Waals surface area contributed by atoms with Gasteiger partial charge in [0.15, 0.2) is 0 Å². The van der Waals surface area contributed by atoms with Crippen molar-refractivity contribution in [2.24, 2.45) is 0 Å². The molecule has 0 spiro atoms. The monoisotopic (exact) mass is 244 g/mol. The summed E-state index contributed by atoms with van der Waals surface area (Å²) in [5, 5.41) is 0. The first kappa shape index (κ1) is 10.4. The average Bonchev–Trinajstić information content (AvgIpc) is 2.11. The van der Waals surface area contributed by atoms with Crippen molar-refractivity contribution in [1.82, 2.24) is 0 Å². The summed E-state index contributed by atoms with van der Waals surface area (Å²) in [4.78, 5) is 0. The Hall–Kier alpha value is -0.670. The zero-order valence-corrected chi connectivity index (χ0v) is 8.68. The van der Waals surface area contributed by atoms with Gasteiger partial charge in [-0.2, -0.15) is 0 Å². The lowest BCUT2D eigenvalue weighted by atomic mass is 10.2. The minimum atomic E-state index is -0.243. The second-order valence-electron chi connectivity index (χ2n) is 2.54. The van der Waals surface area contributed by atoms with Crippen LogP contribution < -0.4 is 0 Å². The molecule has 0 saturated heterocycles. The molecular formula is C10H10BrFO. The summed E-state index contributed by atoms with van der Waals surface area (Å²) in [6.45, 7) is 4.22. The van der Waals surface area contributed by atoms with Gasteiger partial charge in [-0.25, -0.2) is 4.39 Å². The summed E-state index contributed by atoms with van der Waals surface area (Å²) in [5.74, 6) is -0.243. The van der Waals surface area contributed by atoms with Crippen LogP contribution in [-0.2, 0) is 11.3 Å². The van der Waals surface area contributed by atoms with Crippen molar-refractivity contribution >= 4 is 15.9 Å². The summed E-state index contributed by atoms with van der Waals surface area (Å²) in [6.07, 6.45) is 1.63. The molecule has 0 aliphatic heterocycles. The van der Waals surface area contributed by atoms with Crippen LogP contribution >= 0.6 is 15.9 Å². The van der Waals surface area contributed by atoms with Crippen LogP contribution in [0.4, 0.5) is 4.39 Å². The highest BCUT2D eigenvalue weighted by atomic mass is 79.9. The predicted octanol–water partition coefficient (Wildman–Crippen LogP) is 3.29. The first-order chi connectivity index (χ1) is 6.24. The Kier molecular flexibility index (Phi) is 4.12. The molecule has 13 heavy (non-hydrogen) atoms. The quantitative estimate of drug-likeness (QED) is 0.584. The third-order valence-corrected chi connectivity index (χ3v) is 1.99. The van der Waals surface area contributed by atoms with E-state index in [0.717, 1.165) is 4.47 Å². The standard InChI is InChI=1S/C10H10BrFO/c1-2-5-13-7-8-6-9(11)3-4-10(8)12/h2-4,6H,1,5,7H2. The van der Waals surface area contributed by atoms with Crippen LogP contribution in [0.15, 0.2) is 35.3 Å². The predicted molar refractivity (Wildman–Crippen MR) is 54.0 cm³/mol. The Labute approximate surface area is 85.3 Å². The minimum Gasteiger partial charge on any atom is -0.373 e. The molecule has 0 heterocycles. The van der Waals surface area contributed by atoms with E-state index in [1.54, 1.807) is 18.2 Å². The molecule has 0 bridgehead atoms. The van der Waals surface area contributed by atoms with Crippen molar-refractivity contribution in [3.8, 4) is 0 Å².